The van der Waals surface area contributed by atoms with Crippen LogP contribution in [0.15, 0.2) is 0 Å². The fraction of sp³-hybridized carbons (Fsp3) is 0.900. The van der Waals surface area contributed by atoms with E-state index in [1.807, 2.05) is 20.8 Å². The molecule has 9 rings (SSSR count). The van der Waals surface area contributed by atoms with Crippen LogP contribution in [0.5, 0.6) is 0 Å². The van der Waals surface area contributed by atoms with Crippen molar-refractivity contribution in [3.8, 4) is 0 Å². The monoisotopic (exact) mass is 696 g/mol. The highest BCUT2D eigenvalue weighted by Gasteiger charge is 2.85. The van der Waals surface area contributed by atoms with Crippen LogP contribution in [0.3, 0.4) is 0 Å². The molecule has 0 aromatic rings. The van der Waals surface area contributed by atoms with Crippen LogP contribution in [-0.2, 0) is 28.7 Å². The van der Waals surface area contributed by atoms with E-state index >= 15 is 0 Å². The second-order valence-corrected chi connectivity index (χ2v) is 20.0. The molecule has 14 atom stereocenters. The highest BCUT2D eigenvalue weighted by Crippen LogP contribution is 2.78. The van der Waals surface area contributed by atoms with Crippen LogP contribution in [0.25, 0.3) is 0 Å². The largest absolute Gasteiger partial charge is 0.462 e. The number of aliphatic hydroxyl groups excluding tert-OH is 1. The van der Waals surface area contributed by atoms with Crippen molar-refractivity contribution in [1.82, 2.24) is 0 Å². The number of esters is 2. The maximum absolute atomic E-state index is 14.9. The Morgan fingerprint density at radius 2 is 1.52 bits per heavy atom. The molecule has 4 N–H and O–H groups in total. The summed E-state index contributed by atoms with van der Waals surface area (Å²) in [5.74, 6) is -1.76. The van der Waals surface area contributed by atoms with Crippen molar-refractivity contribution < 1.29 is 49.1 Å². The molecule has 0 aromatic carbocycles. The third-order valence-corrected chi connectivity index (χ3v) is 18.8. The molecule has 1 heterocycles. The molecular formula is C40H56O10. The number of Topliss-reactive ketones (excluding diaryl/α,β-unsaturated/α-hetero) is 2. The van der Waals surface area contributed by atoms with Gasteiger partial charge in [0.25, 0.3) is 0 Å². The zero-order chi connectivity index (χ0) is 35.8. The van der Waals surface area contributed by atoms with Crippen molar-refractivity contribution in [2.45, 2.75) is 153 Å². The first-order valence-corrected chi connectivity index (χ1v) is 19.6. The molecule has 0 unspecified atom stereocenters. The third kappa shape index (κ3) is 3.32. The van der Waals surface area contributed by atoms with E-state index in [1.165, 1.54) is 0 Å². The molecule has 0 radical (unpaired) electrons. The summed E-state index contributed by atoms with van der Waals surface area (Å²) < 4.78 is 12.5. The first kappa shape index (κ1) is 33.9. The van der Waals surface area contributed by atoms with E-state index in [-0.39, 0.29) is 53.7 Å². The number of ether oxygens (including phenoxy) is 2. The average Bonchev–Trinajstić information content (AvgIpc) is 3.39. The quantitative estimate of drug-likeness (QED) is 0.316. The molecule has 1 aliphatic heterocycles. The molecule has 50 heavy (non-hydrogen) atoms. The SMILES string of the molecule is C[C@@]12CCC[C@@](C)(C(=O)OC[C@@]3(O)C(=O)[C@@]45CC[C@@H]6[C@@]7(C)CCC[C@@]6(OC7=O)[C@@]4(C)CC[C@]3(O)C5)[C@H]1CC[C@@]13C[C@@H](CC[C@@H]12)[C@@](O)(CO)C3=O. The Hall–Kier alpha value is -1.88. The lowest BCUT2D eigenvalue weighted by molar-refractivity contribution is -0.234. The van der Waals surface area contributed by atoms with Gasteiger partial charge >= 0.3 is 11.9 Å². The van der Waals surface area contributed by atoms with Gasteiger partial charge in [0.05, 0.1) is 17.4 Å². The Bertz CT molecular complexity index is 1610. The van der Waals surface area contributed by atoms with Crippen LogP contribution in [0, 0.1) is 56.2 Å². The van der Waals surface area contributed by atoms with E-state index in [0.717, 1.165) is 32.1 Å². The van der Waals surface area contributed by atoms with Crippen molar-refractivity contribution in [3.05, 3.63) is 0 Å². The highest BCUT2D eigenvalue weighted by molar-refractivity contribution is 5.99. The number of aliphatic hydroxyl groups is 4. The first-order chi connectivity index (χ1) is 23.3. The maximum atomic E-state index is 14.9. The van der Waals surface area contributed by atoms with Crippen LogP contribution in [-0.4, -0.2) is 79.5 Å². The number of rotatable bonds is 4. The lowest BCUT2D eigenvalue weighted by atomic mass is 9.39. The van der Waals surface area contributed by atoms with E-state index in [4.69, 9.17) is 9.47 Å². The van der Waals surface area contributed by atoms with E-state index < -0.39 is 74.4 Å². The molecule has 2 spiro atoms. The second kappa shape index (κ2) is 9.61. The summed E-state index contributed by atoms with van der Waals surface area (Å²) >= 11 is 0. The normalized spacial score (nSPS) is 58.8. The van der Waals surface area contributed by atoms with Gasteiger partial charge in [0, 0.05) is 22.2 Å². The zero-order valence-corrected chi connectivity index (χ0v) is 30.3. The first-order valence-electron chi connectivity index (χ1n) is 19.6. The molecule has 1 saturated heterocycles. The zero-order valence-electron chi connectivity index (χ0n) is 30.3. The molecular weight excluding hydrogens is 640 g/mol. The fourth-order valence-electron chi connectivity index (χ4n) is 16.1. The van der Waals surface area contributed by atoms with Gasteiger partial charge in [-0.15, -0.1) is 0 Å². The lowest BCUT2D eigenvalue weighted by Crippen LogP contribution is -2.67. The third-order valence-electron chi connectivity index (χ3n) is 18.8. The second-order valence-electron chi connectivity index (χ2n) is 20.0. The standard InChI is InChI=1S/C40H56O10/c1-31-11-5-12-32(2,24(31)9-15-35-19-23(7-8-25(31)35)38(47,21-41)27(35)42)29(44)49-22-39(48)28(43)36-16-10-26-33(3)13-6-14-40(26,50-30(33)45)34(36,4)17-18-37(39,46)20-36/h23-26,41,46-48H,5-22H2,1-4H3/t23-,24+,25-,26-,31-,32-,33-,34+,35-,36+,37+,38+,39-,40+/m1/s1. The van der Waals surface area contributed by atoms with Crippen molar-refractivity contribution in [2.24, 2.45) is 56.2 Å². The molecule has 9 fully saturated rings. The predicted molar refractivity (Wildman–Crippen MR) is 177 cm³/mol. The van der Waals surface area contributed by atoms with Gasteiger partial charge in [0.15, 0.2) is 17.2 Å². The molecule has 8 aliphatic carbocycles. The van der Waals surface area contributed by atoms with Crippen LogP contribution in [0.4, 0.5) is 0 Å². The van der Waals surface area contributed by atoms with Crippen LogP contribution < -0.4 is 0 Å². The topological polar surface area (TPSA) is 168 Å². The van der Waals surface area contributed by atoms with Crippen molar-refractivity contribution in [2.75, 3.05) is 13.2 Å². The van der Waals surface area contributed by atoms with E-state index in [2.05, 4.69) is 6.92 Å². The minimum absolute atomic E-state index is 0.0143. The number of carbonyl (C=O) groups excluding carboxylic acids is 4. The van der Waals surface area contributed by atoms with Crippen molar-refractivity contribution >= 4 is 23.5 Å². The summed E-state index contributed by atoms with van der Waals surface area (Å²) in [5.41, 5.74) is -11.0. The smallest absolute Gasteiger partial charge is 0.312 e. The van der Waals surface area contributed by atoms with Crippen molar-refractivity contribution in [3.63, 3.8) is 0 Å². The van der Waals surface area contributed by atoms with Gasteiger partial charge in [-0.05, 0) is 133 Å². The fourth-order valence-corrected chi connectivity index (χ4v) is 16.1. The highest BCUT2D eigenvalue weighted by atomic mass is 16.6. The summed E-state index contributed by atoms with van der Waals surface area (Å²) in [6.45, 7) is 6.99. The minimum atomic E-state index is -2.28. The van der Waals surface area contributed by atoms with Crippen molar-refractivity contribution in [1.29, 1.82) is 0 Å². The molecule has 6 bridgehead atoms. The van der Waals surface area contributed by atoms with Gasteiger partial charge < -0.3 is 29.9 Å². The summed E-state index contributed by atoms with van der Waals surface area (Å²) in [4.78, 5) is 56.6. The Balaban J connectivity index is 0.990. The molecule has 0 aromatic heterocycles. The van der Waals surface area contributed by atoms with E-state index in [0.29, 0.717) is 57.8 Å². The summed E-state index contributed by atoms with van der Waals surface area (Å²) in [5, 5.41) is 45.9. The van der Waals surface area contributed by atoms with Gasteiger partial charge in [0.2, 0.25) is 0 Å². The Labute approximate surface area is 294 Å². The molecule has 8 saturated carbocycles. The van der Waals surface area contributed by atoms with Gasteiger partial charge in [-0.3, -0.25) is 19.2 Å². The Morgan fingerprint density at radius 3 is 2.26 bits per heavy atom. The van der Waals surface area contributed by atoms with Crippen LogP contribution >= 0.6 is 0 Å². The number of hydrogen-bond donors (Lipinski definition) is 4. The summed E-state index contributed by atoms with van der Waals surface area (Å²) in [6, 6.07) is 0. The predicted octanol–water partition coefficient (Wildman–Crippen LogP) is 3.96. The van der Waals surface area contributed by atoms with Gasteiger partial charge in [-0.2, -0.15) is 0 Å². The molecule has 10 heteroatoms. The van der Waals surface area contributed by atoms with Crippen LogP contribution in [0.1, 0.15) is 130 Å². The lowest BCUT2D eigenvalue weighted by Gasteiger charge is -2.64. The van der Waals surface area contributed by atoms with Gasteiger partial charge in [-0.1, -0.05) is 20.3 Å². The Morgan fingerprint density at radius 1 is 0.800 bits per heavy atom. The van der Waals surface area contributed by atoms with Gasteiger partial charge in [0.1, 0.15) is 23.4 Å². The number of ketones is 2. The maximum Gasteiger partial charge on any atom is 0.312 e. The molecule has 10 nitrogen and oxygen atoms in total. The van der Waals surface area contributed by atoms with Crippen LogP contribution in [0.2, 0.25) is 0 Å². The number of carbonyl (C=O) groups is 4. The number of hydrogen-bond acceptors (Lipinski definition) is 10. The summed E-state index contributed by atoms with van der Waals surface area (Å²) in [7, 11) is 0. The molecule has 0 amide bonds. The van der Waals surface area contributed by atoms with Gasteiger partial charge in [-0.25, -0.2) is 0 Å². The van der Waals surface area contributed by atoms with E-state index in [9.17, 15) is 39.6 Å². The van der Waals surface area contributed by atoms with E-state index in [1.54, 1.807) is 0 Å². The number of fused-ring (bicyclic) bond motifs is 4. The minimum Gasteiger partial charge on any atom is -0.462 e. The average molecular weight is 697 g/mol. The molecule has 9 aliphatic rings. The summed E-state index contributed by atoms with van der Waals surface area (Å²) in [6.07, 6.45) is 9.27. The Kier molecular flexibility index (Phi) is 6.52. The molecule has 276 valence electrons.